The van der Waals surface area contributed by atoms with E-state index in [4.69, 9.17) is 4.74 Å². The minimum absolute atomic E-state index is 0.117. The van der Waals surface area contributed by atoms with Crippen molar-refractivity contribution in [2.75, 3.05) is 20.2 Å². The highest BCUT2D eigenvalue weighted by atomic mass is 19.1. The van der Waals surface area contributed by atoms with Crippen LogP contribution in [0, 0.1) is 17.2 Å². The molecule has 0 aromatic heterocycles. The van der Waals surface area contributed by atoms with Crippen LogP contribution < -0.4 is 5.32 Å². The van der Waals surface area contributed by atoms with Gasteiger partial charge in [0.05, 0.1) is 6.10 Å². The molecule has 1 N–H and O–H groups in total. The summed E-state index contributed by atoms with van der Waals surface area (Å²) in [6.07, 6.45) is 1.48. The Kier molecular flexibility index (Phi) is 4.81. The summed E-state index contributed by atoms with van der Waals surface area (Å²) in [6.45, 7) is 8.86. The fourth-order valence-corrected chi connectivity index (χ4v) is 4.12. The van der Waals surface area contributed by atoms with Gasteiger partial charge in [-0.25, -0.2) is 4.39 Å². The van der Waals surface area contributed by atoms with E-state index in [1.54, 1.807) is 0 Å². The van der Waals surface area contributed by atoms with Gasteiger partial charge in [0.25, 0.3) is 0 Å². The molecule has 1 aromatic rings. The largest absolute Gasteiger partial charge is 0.377 e. The SMILES string of the molecule is CCN=C(NC1C2CCOC2C1(C)C)N(C)Cc1ccc(F)cc1. The molecular weight excluding hydrogens is 305 g/mol. The minimum atomic E-state index is -0.203. The Balaban J connectivity index is 1.68. The molecule has 3 unspecified atom stereocenters. The van der Waals surface area contributed by atoms with Gasteiger partial charge in [-0.3, -0.25) is 4.99 Å². The number of rotatable bonds is 4. The molecule has 1 heterocycles. The number of hydrogen-bond donors (Lipinski definition) is 1. The molecule has 2 aliphatic rings. The van der Waals surface area contributed by atoms with Gasteiger partial charge in [-0.15, -0.1) is 0 Å². The van der Waals surface area contributed by atoms with Crippen molar-refractivity contribution in [2.45, 2.75) is 45.9 Å². The molecule has 0 radical (unpaired) electrons. The summed E-state index contributed by atoms with van der Waals surface area (Å²) in [5.74, 6) is 1.27. The van der Waals surface area contributed by atoms with Gasteiger partial charge in [0, 0.05) is 44.1 Å². The van der Waals surface area contributed by atoms with E-state index in [2.05, 4.69) is 29.1 Å². The van der Waals surface area contributed by atoms with E-state index in [0.717, 1.165) is 31.1 Å². The number of ether oxygens (including phenoxy) is 1. The number of benzene rings is 1. The monoisotopic (exact) mass is 333 g/mol. The van der Waals surface area contributed by atoms with Crippen LogP contribution in [0.25, 0.3) is 0 Å². The first-order valence-electron chi connectivity index (χ1n) is 8.81. The third-order valence-electron chi connectivity index (χ3n) is 5.39. The van der Waals surface area contributed by atoms with Crippen molar-refractivity contribution in [3.8, 4) is 0 Å². The predicted molar refractivity (Wildman–Crippen MR) is 94.4 cm³/mol. The van der Waals surface area contributed by atoms with Crippen LogP contribution in [0.4, 0.5) is 4.39 Å². The summed E-state index contributed by atoms with van der Waals surface area (Å²) in [7, 11) is 2.03. The second kappa shape index (κ2) is 6.71. The van der Waals surface area contributed by atoms with Gasteiger partial charge in [0.15, 0.2) is 5.96 Å². The van der Waals surface area contributed by atoms with Gasteiger partial charge in [0.1, 0.15) is 5.82 Å². The third-order valence-corrected chi connectivity index (χ3v) is 5.39. The minimum Gasteiger partial charge on any atom is -0.377 e. The summed E-state index contributed by atoms with van der Waals surface area (Å²) in [5, 5.41) is 3.67. The number of nitrogens with zero attached hydrogens (tertiary/aromatic N) is 2. The van der Waals surface area contributed by atoms with Gasteiger partial charge in [-0.1, -0.05) is 26.0 Å². The Morgan fingerprint density at radius 2 is 2.08 bits per heavy atom. The van der Waals surface area contributed by atoms with E-state index in [9.17, 15) is 4.39 Å². The smallest absolute Gasteiger partial charge is 0.194 e. The molecule has 1 saturated heterocycles. The second-order valence-corrected chi connectivity index (χ2v) is 7.47. The van der Waals surface area contributed by atoms with Gasteiger partial charge >= 0.3 is 0 Å². The summed E-state index contributed by atoms with van der Waals surface area (Å²) >= 11 is 0. The van der Waals surface area contributed by atoms with E-state index < -0.39 is 0 Å². The number of aliphatic imine (C=N–C) groups is 1. The molecule has 4 nitrogen and oxygen atoms in total. The molecule has 1 aliphatic carbocycles. The van der Waals surface area contributed by atoms with Gasteiger partial charge in [-0.05, 0) is 31.0 Å². The number of guanidine groups is 1. The van der Waals surface area contributed by atoms with Gasteiger partial charge in [-0.2, -0.15) is 0 Å². The molecular formula is C19H28FN3O. The molecule has 1 aromatic carbocycles. The van der Waals surface area contributed by atoms with Crippen LogP contribution >= 0.6 is 0 Å². The quantitative estimate of drug-likeness (QED) is 0.680. The van der Waals surface area contributed by atoms with E-state index in [1.807, 2.05) is 26.1 Å². The second-order valence-electron chi connectivity index (χ2n) is 7.47. The summed E-state index contributed by atoms with van der Waals surface area (Å²) in [6, 6.07) is 7.03. The van der Waals surface area contributed by atoms with Crippen molar-refractivity contribution in [1.29, 1.82) is 0 Å². The molecule has 5 heteroatoms. The maximum atomic E-state index is 13.1. The Hall–Kier alpha value is -1.62. The molecule has 2 fully saturated rings. The zero-order valence-corrected chi connectivity index (χ0v) is 15.1. The van der Waals surface area contributed by atoms with E-state index in [1.165, 1.54) is 12.1 Å². The number of fused-ring (bicyclic) bond motifs is 1. The van der Waals surface area contributed by atoms with Crippen LogP contribution in [0.1, 0.15) is 32.8 Å². The van der Waals surface area contributed by atoms with Crippen molar-refractivity contribution in [1.82, 2.24) is 10.2 Å². The van der Waals surface area contributed by atoms with Crippen LogP contribution in [0.3, 0.4) is 0 Å². The molecule has 0 spiro atoms. The topological polar surface area (TPSA) is 36.9 Å². The maximum Gasteiger partial charge on any atom is 0.194 e. The fourth-order valence-electron chi connectivity index (χ4n) is 4.12. The number of halogens is 1. The molecule has 1 saturated carbocycles. The van der Waals surface area contributed by atoms with Crippen LogP contribution in [-0.2, 0) is 11.3 Å². The maximum absolute atomic E-state index is 13.1. The van der Waals surface area contributed by atoms with Crippen molar-refractivity contribution in [3.63, 3.8) is 0 Å². The lowest BCUT2D eigenvalue weighted by Crippen LogP contribution is -2.67. The highest BCUT2D eigenvalue weighted by Gasteiger charge is 2.59. The Morgan fingerprint density at radius 3 is 2.75 bits per heavy atom. The zero-order chi connectivity index (χ0) is 17.3. The van der Waals surface area contributed by atoms with Crippen molar-refractivity contribution in [2.24, 2.45) is 16.3 Å². The van der Waals surface area contributed by atoms with Crippen LogP contribution in [0.2, 0.25) is 0 Å². The van der Waals surface area contributed by atoms with Crippen LogP contribution in [0.15, 0.2) is 29.3 Å². The first-order chi connectivity index (χ1) is 11.4. The average molecular weight is 333 g/mol. The summed E-state index contributed by atoms with van der Waals surface area (Å²) in [5.41, 5.74) is 1.19. The molecule has 1 aliphatic heterocycles. The van der Waals surface area contributed by atoms with E-state index >= 15 is 0 Å². The first kappa shape index (κ1) is 17.2. The highest BCUT2D eigenvalue weighted by Crippen LogP contribution is 2.52. The van der Waals surface area contributed by atoms with Crippen molar-refractivity contribution < 1.29 is 9.13 Å². The molecule has 0 bridgehead atoms. The lowest BCUT2D eigenvalue weighted by atomic mass is 9.57. The first-order valence-corrected chi connectivity index (χ1v) is 8.81. The molecule has 3 rings (SSSR count). The van der Waals surface area contributed by atoms with Gasteiger partial charge in [0.2, 0.25) is 0 Å². The molecule has 24 heavy (non-hydrogen) atoms. The standard InChI is InChI=1S/C19H28FN3O/c1-5-21-18(23(4)12-13-6-8-14(20)9-7-13)22-16-15-10-11-24-17(15)19(16,2)3/h6-9,15-17H,5,10-12H2,1-4H3,(H,21,22). The zero-order valence-electron chi connectivity index (χ0n) is 15.1. The third kappa shape index (κ3) is 3.14. The lowest BCUT2D eigenvalue weighted by molar-refractivity contribution is -0.107. The van der Waals surface area contributed by atoms with E-state index in [-0.39, 0.29) is 11.2 Å². The Labute approximate surface area is 144 Å². The normalized spacial score (nSPS) is 28.2. The summed E-state index contributed by atoms with van der Waals surface area (Å²) < 4.78 is 19.0. The Morgan fingerprint density at radius 1 is 1.38 bits per heavy atom. The van der Waals surface area contributed by atoms with Gasteiger partial charge < -0.3 is 15.0 Å². The van der Waals surface area contributed by atoms with E-state index in [0.29, 0.717) is 24.6 Å². The Bertz CT molecular complexity index is 599. The van der Waals surface area contributed by atoms with Crippen LogP contribution in [0.5, 0.6) is 0 Å². The number of nitrogens with one attached hydrogen (secondary N) is 1. The predicted octanol–water partition coefficient (Wildman–Crippen LogP) is 3.04. The highest BCUT2D eigenvalue weighted by molar-refractivity contribution is 5.80. The van der Waals surface area contributed by atoms with Crippen LogP contribution in [-0.4, -0.2) is 43.2 Å². The summed E-state index contributed by atoms with van der Waals surface area (Å²) in [4.78, 5) is 6.76. The number of hydrogen-bond acceptors (Lipinski definition) is 2. The lowest BCUT2D eigenvalue weighted by Gasteiger charge is -2.55. The molecule has 132 valence electrons. The molecule has 0 amide bonds. The molecule has 3 atom stereocenters. The van der Waals surface area contributed by atoms with Crippen molar-refractivity contribution in [3.05, 3.63) is 35.6 Å². The fraction of sp³-hybridized carbons (Fsp3) is 0.632. The average Bonchev–Trinajstić information content (AvgIpc) is 3.00. The van der Waals surface area contributed by atoms with Crippen molar-refractivity contribution >= 4 is 5.96 Å².